The van der Waals surface area contributed by atoms with Crippen molar-refractivity contribution in [3.8, 4) is 11.8 Å². The Morgan fingerprint density at radius 3 is 2.84 bits per heavy atom. The molecule has 1 aliphatic heterocycles. The number of hydrogen-bond acceptors (Lipinski definition) is 3. The average molecular weight is 279 g/mol. The summed E-state index contributed by atoms with van der Waals surface area (Å²) in [4.78, 5) is 4.11. The number of pyridine rings is 1. The Bertz CT molecular complexity index is 485. The van der Waals surface area contributed by atoms with Crippen molar-refractivity contribution in [1.29, 1.82) is 0 Å². The highest BCUT2D eigenvalue weighted by Gasteiger charge is 2.11. The highest BCUT2D eigenvalue weighted by atomic mass is 35.5. The van der Waals surface area contributed by atoms with Crippen molar-refractivity contribution in [2.45, 2.75) is 32.7 Å². The van der Waals surface area contributed by atoms with E-state index >= 15 is 0 Å². The number of hydrogen-bond donors (Lipinski definition) is 1. The van der Waals surface area contributed by atoms with Crippen LogP contribution in [0.4, 0.5) is 5.69 Å². The van der Waals surface area contributed by atoms with E-state index in [1.54, 1.807) is 6.20 Å². The molecule has 1 fully saturated rings. The van der Waals surface area contributed by atoms with Gasteiger partial charge in [-0.1, -0.05) is 23.4 Å². The summed E-state index contributed by atoms with van der Waals surface area (Å²) in [7, 11) is 0. The van der Waals surface area contributed by atoms with Crippen LogP contribution in [0.5, 0.6) is 0 Å². The molecule has 1 aromatic heterocycles. The lowest BCUT2D eigenvalue weighted by atomic mass is 10.0. The van der Waals surface area contributed by atoms with Crippen LogP contribution in [-0.4, -0.2) is 24.2 Å². The van der Waals surface area contributed by atoms with Gasteiger partial charge in [-0.3, -0.25) is 0 Å². The topological polar surface area (TPSA) is 34.2 Å². The molecule has 1 aromatic rings. The molecule has 4 heteroatoms. The van der Waals surface area contributed by atoms with Crippen LogP contribution in [0.15, 0.2) is 12.3 Å². The number of ether oxygens (including phenoxy) is 1. The molecular formula is C15H19ClN2O. The minimum atomic E-state index is 0.335. The molecule has 1 saturated heterocycles. The number of rotatable bonds is 2. The first-order chi connectivity index (χ1) is 9.15. The third kappa shape index (κ3) is 4.41. The van der Waals surface area contributed by atoms with Gasteiger partial charge in [0.15, 0.2) is 0 Å². The van der Waals surface area contributed by atoms with Crippen molar-refractivity contribution in [3.63, 3.8) is 0 Å². The molecule has 0 radical (unpaired) electrons. The second kappa shape index (κ2) is 6.79. The number of aromatic nitrogens is 1. The van der Waals surface area contributed by atoms with E-state index in [0.29, 0.717) is 17.1 Å². The molecule has 19 heavy (non-hydrogen) atoms. The Kier molecular flexibility index (Phi) is 5.07. The molecule has 0 atom stereocenters. The predicted molar refractivity (Wildman–Crippen MR) is 78.4 cm³/mol. The fraction of sp³-hybridized carbons (Fsp3) is 0.533. The van der Waals surface area contributed by atoms with Crippen molar-refractivity contribution in [2.75, 3.05) is 18.5 Å². The van der Waals surface area contributed by atoms with E-state index in [1.807, 2.05) is 6.07 Å². The summed E-state index contributed by atoms with van der Waals surface area (Å²) in [5, 5.41) is 3.84. The van der Waals surface area contributed by atoms with E-state index in [9.17, 15) is 0 Å². The Hall–Kier alpha value is -1.24. The second-order valence-electron chi connectivity index (χ2n) is 5.01. The van der Waals surface area contributed by atoms with Crippen molar-refractivity contribution < 1.29 is 4.74 Å². The van der Waals surface area contributed by atoms with Gasteiger partial charge in [0, 0.05) is 31.4 Å². The fourth-order valence-corrected chi connectivity index (χ4v) is 2.14. The van der Waals surface area contributed by atoms with Gasteiger partial charge in [0.05, 0.1) is 11.3 Å². The molecule has 0 bridgehead atoms. The number of anilines is 1. The quantitative estimate of drug-likeness (QED) is 0.666. The van der Waals surface area contributed by atoms with Gasteiger partial charge in [-0.2, -0.15) is 0 Å². The fourth-order valence-electron chi connectivity index (χ4n) is 1.98. The summed E-state index contributed by atoms with van der Waals surface area (Å²) in [5.41, 5.74) is 1.86. The Labute approximate surface area is 119 Å². The van der Waals surface area contributed by atoms with Crippen LogP contribution in [-0.2, 0) is 4.74 Å². The second-order valence-corrected chi connectivity index (χ2v) is 5.39. The van der Waals surface area contributed by atoms with Gasteiger partial charge in [-0.25, -0.2) is 4.98 Å². The molecule has 3 nitrogen and oxygen atoms in total. The SMILES string of the molecule is CC(C)Nc1cc(Cl)ncc1C#CC1CCOCC1. The Balaban J connectivity index is 2.16. The molecular weight excluding hydrogens is 260 g/mol. The Morgan fingerprint density at radius 1 is 1.42 bits per heavy atom. The summed E-state index contributed by atoms with van der Waals surface area (Å²) < 4.78 is 5.33. The first kappa shape index (κ1) is 14.2. The van der Waals surface area contributed by atoms with Gasteiger partial charge >= 0.3 is 0 Å². The molecule has 0 aromatic carbocycles. The van der Waals surface area contributed by atoms with Gasteiger partial charge in [0.2, 0.25) is 0 Å². The van der Waals surface area contributed by atoms with E-state index in [2.05, 4.69) is 36.0 Å². The van der Waals surface area contributed by atoms with Crippen molar-refractivity contribution >= 4 is 17.3 Å². The summed E-state index contributed by atoms with van der Waals surface area (Å²) in [6.07, 6.45) is 3.77. The van der Waals surface area contributed by atoms with Crippen molar-refractivity contribution in [1.82, 2.24) is 4.98 Å². The van der Waals surface area contributed by atoms with E-state index in [1.165, 1.54) is 0 Å². The lowest BCUT2D eigenvalue weighted by Crippen LogP contribution is -2.14. The Morgan fingerprint density at radius 2 is 2.16 bits per heavy atom. The zero-order valence-corrected chi connectivity index (χ0v) is 12.1. The molecule has 1 aliphatic rings. The highest BCUT2D eigenvalue weighted by molar-refractivity contribution is 6.29. The van der Waals surface area contributed by atoms with Crippen LogP contribution in [0.1, 0.15) is 32.3 Å². The zero-order valence-electron chi connectivity index (χ0n) is 11.4. The van der Waals surface area contributed by atoms with Gasteiger partial charge in [-0.15, -0.1) is 0 Å². The average Bonchev–Trinajstić information content (AvgIpc) is 2.38. The number of nitrogens with zero attached hydrogens (tertiary/aromatic N) is 1. The normalized spacial score (nSPS) is 16.0. The molecule has 0 saturated carbocycles. The maximum Gasteiger partial charge on any atom is 0.131 e. The third-order valence-electron chi connectivity index (χ3n) is 2.95. The molecule has 0 spiro atoms. The van der Waals surface area contributed by atoms with Crippen LogP contribution in [0.2, 0.25) is 5.15 Å². The minimum absolute atomic E-state index is 0.335. The molecule has 1 N–H and O–H groups in total. The molecule has 0 amide bonds. The van der Waals surface area contributed by atoms with Crippen molar-refractivity contribution in [3.05, 3.63) is 23.0 Å². The van der Waals surface area contributed by atoms with E-state index in [0.717, 1.165) is 37.3 Å². The molecule has 102 valence electrons. The summed E-state index contributed by atoms with van der Waals surface area (Å²) >= 11 is 5.93. The predicted octanol–water partition coefficient (Wildman–Crippen LogP) is 3.33. The third-order valence-corrected chi connectivity index (χ3v) is 3.15. The molecule has 0 unspecified atom stereocenters. The maximum absolute atomic E-state index is 5.93. The highest BCUT2D eigenvalue weighted by Crippen LogP contribution is 2.20. The lowest BCUT2D eigenvalue weighted by Gasteiger charge is -2.16. The molecule has 2 heterocycles. The van der Waals surface area contributed by atoms with E-state index in [-0.39, 0.29) is 0 Å². The number of halogens is 1. The maximum atomic E-state index is 5.93. The van der Waals surface area contributed by atoms with E-state index in [4.69, 9.17) is 16.3 Å². The van der Waals surface area contributed by atoms with Gasteiger partial charge in [-0.05, 0) is 32.8 Å². The summed E-state index contributed by atoms with van der Waals surface area (Å²) in [6, 6.07) is 2.16. The van der Waals surface area contributed by atoms with Gasteiger partial charge in [0.1, 0.15) is 5.15 Å². The van der Waals surface area contributed by atoms with Gasteiger partial charge < -0.3 is 10.1 Å². The first-order valence-electron chi connectivity index (χ1n) is 6.66. The van der Waals surface area contributed by atoms with Crippen molar-refractivity contribution in [2.24, 2.45) is 5.92 Å². The smallest absolute Gasteiger partial charge is 0.131 e. The van der Waals surface area contributed by atoms with Crippen LogP contribution < -0.4 is 5.32 Å². The first-order valence-corrected chi connectivity index (χ1v) is 7.04. The number of nitrogens with one attached hydrogen (secondary N) is 1. The van der Waals surface area contributed by atoms with Crippen LogP contribution >= 0.6 is 11.6 Å². The minimum Gasteiger partial charge on any atom is -0.382 e. The monoisotopic (exact) mass is 278 g/mol. The van der Waals surface area contributed by atoms with Crippen LogP contribution in [0, 0.1) is 17.8 Å². The molecule has 2 rings (SSSR count). The van der Waals surface area contributed by atoms with Crippen LogP contribution in [0.3, 0.4) is 0 Å². The summed E-state index contributed by atoms with van der Waals surface area (Å²) in [6.45, 7) is 5.80. The van der Waals surface area contributed by atoms with Crippen LogP contribution in [0.25, 0.3) is 0 Å². The van der Waals surface area contributed by atoms with Gasteiger partial charge in [0.25, 0.3) is 0 Å². The van der Waals surface area contributed by atoms with E-state index < -0.39 is 0 Å². The summed E-state index contributed by atoms with van der Waals surface area (Å²) in [5.74, 6) is 6.97. The zero-order chi connectivity index (χ0) is 13.7. The lowest BCUT2D eigenvalue weighted by molar-refractivity contribution is 0.0807. The molecule has 0 aliphatic carbocycles. The standard InChI is InChI=1S/C15H19ClN2O/c1-11(2)18-14-9-15(16)17-10-13(14)4-3-12-5-7-19-8-6-12/h9-12H,5-8H2,1-2H3,(H,17,18). The largest absolute Gasteiger partial charge is 0.382 e.